The average molecular weight is 400 g/mol. The molecule has 0 spiro atoms. The lowest BCUT2D eigenvalue weighted by Gasteiger charge is -2.10. The Kier molecular flexibility index (Phi) is 5.59. The summed E-state index contributed by atoms with van der Waals surface area (Å²) in [6.45, 7) is 5.47. The number of aromatic nitrogens is 4. The van der Waals surface area contributed by atoms with Gasteiger partial charge in [0.05, 0.1) is 4.92 Å². The summed E-state index contributed by atoms with van der Waals surface area (Å²) in [5.74, 6) is 0.319. The highest BCUT2D eigenvalue weighted by molar-refractivity contribution is 7.98. The second kappa shape index (κ2) is 7.93. The Morgan fingerprint density at radius 1 is 1.29 bits per heavy atom. The number of benzene rings is 1. The van der Waals surface area contributed by atoms with Gasteiger partial charge in [0.2, 0.25) is 11.1 Å². The molecule has 1 amide bonds. The molecular weight excluding hydrogens is 380 g/mol. The third-order valence-electron chi connectivity index (χ3n) is 4.50. The maximum atomic E-state index is 12.3. The van der Waals surface area contributed by atoms with Crippen LogP contribution in [0.4, 0.5) is 11.4 Å². The number of anilines is 1. The van der Waals surface area contributed by atoms with Crippen LogP contribution in [-0.4, -0.2) is 36.7 Å². The molecule has 3 aromatic rings. The van der Waals surface area contributed by atoms with E-state index >= 15 is 0 Å². The van der Waals surface area contributed by atoms with Crippen molar-refractivity contribution in [1.29, 1.82) is 0 Å². The van der Waals surface area contributed by atoms with Crippen LogP contribution in [0.2, 0.25) is 0 Å². The molecule has 0 aliphatic carbocycles. The zero-order chi connectivity index (χ0) is 20.4. The molecule has 0 saturated carbocycles. The predicted molar refractivity (Wildman–Crippen MR) is 107 cm³/mol. The van der Waals surface area contributed by atoms with Gasteiger partial charge in [0.15, 0.2) is 0 Å². The van der Waals surface area contributed by atoms with Crippen LogP contribution in [0.3, 0.4) is 0 Å². The number of hydrogen-bond donors (Lipinski definition) is 1. The fraction of sp³-hybridized carbons (Fsp3) is 0.333. The first-order chi connectivity index (χ1) is 13.3. The van der Waals surface area contributed by atoms with Crippen molar-refractivity contribution in [1.82, 2.24) is 19.6 Å². The van der Waals surface area contributed by atoms with E-state index in [-0.39, 0.29) is 18.0 Å². The van der Waals surface area contributed by atoms with E-state index in [9.17, 15) is 14.9 Å². The van der Waals surface area contributed by atoms with E-state index in [0.717, 1.165) is 17.0 Å². The summed E-state index contributed by atoms with van der Waals surface area (Å²) in [6.07, 6.45) is 2.60. The number of thioether (sulfide) groups is 1. The molecule has 3 rings (SSSR count). The van der Waals surface area contributed by atoms with E-state index in [1.807, 2.05) is 20.1 Å². The molecule has 0 bridgehead atoms. The molecule has 0 atom stereocenters. The standard InChI is InChI=1S/C18H20N6O3S/c1-10-5-6-13(9-15(10)24(26)27)20-16(25)8-7-14-11(2)19-17-21-18(28-4)22-23(17)12(14)3/h5-6,9H,7-8H2,1-4H3,(H,20,25). The monoisotopic (exact) mass is 400 g/mol. The first kappa shape index (κ1) is 19.7. The average Bonchev–Trinajstić information content (AvgIpc) is 3.06. The molecule has 1 N–H and O–H groups in total. The van der Waals surface area contributed by atoms with Crippen molar-refractivity contribution in [2.75, 3.05) is 11.6 Å². The Bertz CT molecular complexity index is 1080. The normalized spacial score (nSPS) is 11.0. The smallest absolute Gasteiger partial charge is 0.274 e. The van der Waals surface area contributed by atoms with Gasteiger partial charge < -0.3 is 5.32 Å². The van der Waals surface area contributed by atoms with Crippen LogP contribution in [0.5, 0.6) is 0 Å². The maximum absolute atomic E-state index is 12.3. The first-order valence-electron chi connectivity index (χ1n) is 8.62. The second-order valence-corrected chi connectivity index (χ2v) is 7.15. The van der Waals surface area contributed by atoms with Gasteiger partial charge in [-0.25, -0.2) is 9.50 Å². The van der Waals surface area contributed by atoms with Crippen LogP contribution in [0.1, 0.15) is 28.9 Å². The van der Waals surface area contributed by atoms with Gasteiger partial charge in [-0.1, -0.05) is 17.8 Å². The number of nitro benzene ring substituents is 1. The Hall–Kier alpha value is -3.01. The number of aryl methyl sites for hydroxylation is 3. The van der Waals surface area contributed by atoms with Crippen LogP contribution in [0, 0.1) is 30.9 Å². The third-order valence-corrected chi connectivity index (χ3v) is 5.04. The van der Waals surface area contributed by atoms with Crippen molar-refractivity contribution in [2.24, 2.45) is 0 Å². The Morgan fingerprint density at radius 3 is 2.71 bits per heavy atom. The van der Waals surface area contributed by atoms with E-state index in [1.165, 1.54) is 17.8 Å². The summed E-state index contributed by atoms with van der Waals surface area (Å²) in [4.78, 5) is 31.8. The second-order valence-electron chi connectivity index (χ2n) is 6.38. The number of carbonyl (C=O) groups is 1. The van der Waals surface area contributed by atoms with E-state index in [2.05, 4.69) is 20.4 Å². The fourth-order valence-electron chi connectivity index (χ4n) is 2.98. The van der Waals surface area contributed by atoms with Gasteiger partial charge in [0.1, 0.15) is 0 Å². The van der Waals surface area contributed by atoms with Crippen molar-refractivity contribution >= 4 is 34.8 Å². The van der Waals surface area contributed by atoms with Crippen molar-refractivity contribution in [2.45, 2.75) is 38.8 Å². The molecule has 0 aliphatic rings. The van der Waals surface area contributed by atoms with Gasteiger partial charge in [0, 0.05) is 35.1 Å². The zero-order valence-corrected chi connectivity index (χ0v) is 16.8. The maximum Gasteiger partial charge on any atom is 0.274 e. The summed E-state index contributed by atoms with van der Waals surface area (Å²) in [7, 11) is 0. The van der Waals surface area contributed by atoms with Crippen LogP contribution in [-0.2, 0) is 11.2 Å². The van der Waals surface area contributed by atoms with Crippen molar-refractivity contribution in [3.8, 4) is 0 Å². The molecule has 9 nitrogen and oxygen atoms in total. The molecule has 1 aromatic carbocycles. The number of fused-ring (bicyclic) bond motifs is 1. The summed E-state index contributed by atoms with van der Waals surface area (Å²) in [5, 5.41) is 18.8. The largest absolute Gasteiger partial charge is 0.326 e. The molecule has 10 heteroatoms. The molecular formula is C18H20N6O3S. The molecule has 146 valence electrons. The highest BCUT2D eigenvalue weighted by atomic mass is 32.2. The highest BCUT2D eigenvalue weighted by Crippen LogP contribution is 2.23. The summed E-state index contributed by atoms with van der Waals surface area (Å²) in [5.41, 5.74) is 3.58. The number of nitro groups is 1. The van der Waals surface area contributed by atoms with Gasteiger partial charge in [-0.05, 0) is 45.1 Å². The minimum Gasteiger partial charge on any atom is -0.326 e. The van der Waals surface area contributed by atoms with Crippen molar-refractivity contribution < 1.29 is 9.72 Å². The fourth-order valence-corrected chi connectivity index (χ4v) is 3.32. The van der Waals surface area contributed by atoms with Crippen LogP contribution < -0.4 is 5.32 Å². The Morgan fingerprint density at radius 2 is 2.04 bits per heavy atom. The summed E-state index contributed by atoms with van der Waals surface area (Å²) >= 11 is 1.44. The number of nitrogens with zero attached hydrogens (tertiary/aromatic N) is 5. The summed E-state index contributed by atoms with van der Waals surface area (Å²) < 4.78 is 1.69. The van der Waals surface area contributed by atoms with E-state index in [1.54, 1.807) is 23.6 Å². The highest BCUT2D eigenvalue weighted by Gasteiger charge is 2.16. The minimum absolute atomic E-state index is 0.0186. The molecule has 28 heavy (non-hydrogen) atoms. The van der Waals surface area contributed by atoms with Crippen LogP contribution in [0.25, 0.3) is 5.78 Å². The number of rotatable bonds is 6. The summed E-state index contributed by atoms with van der Waals surface area (Å²) in [6, 6.07) is 4.65. The SMILES string of the molecule is CSc1nc2nc(C)c(CCC(=O)Nc3ccc(C)c([N+](=O)[O-])c3)c(C)n2n1. The Labute approximate surface area is 165 Å². The van der Waals surface area contributed by atoms with Gasteiger partial charge in [-0.3, -0.25) is 14.9 Å². The lowest BCUT2D eigenvalue weighted by atomic mass is 10.1. The van der Waals surface area contributed by atoms with Gasteiger partial charge >= 0.3 is 0 Å². The number of amides is 1. The molecule has 0 aliphatic heterocycles. The Balaban J connectivity index is 1.74. The van der Waals surface area contributed by atoms with Gasteiger partial charge in [0.25, 0.3) is 11.5 Å². The lowest BCUT2D eigenvalue weighted by molar-refractivity contribution is -0.385. The lowest BCUT2D eigenvalue weighted by Crippen LogP contribution is -2.14. The topological polar surface area (TPSA) is 115 Å². The van der Waals surface area contributed by atoms with Gasteiger partial charge in [-0.15, -0.1) is 5.10 Å². The molecule has 2 aromatic heterocycles. The molecule has 0 unspecified atom stereocenters. The molecule has 2 heterocycles. The minimum atomic E-state index is -0.459. The molecule has 0 saturated heterocycles. The van der Waals surface area contributed by atoms with Crippen molar-refractivity contribution in [3.63, 3.8) is 0 Å². The van der Waals surface area contributed by atoms with E-state index in [0.29, 0.717) is 28.6 Å². The number of nitrogens with one attached hydrogen (secondary N) is 1. The van der Waals surface area contributed by atoms with Crippen LogP contribution in [0.15, 0.2) is 23.4 Å². The van der Waals surface area contributed by atoms with E-state index < -0.39 is 4.92 Å². The van der Waals surface area contributed by atoms with Crippen LogP contribution >= 0.6 is 11.8 Å². The number of carbonyl (C=O) groups excluding carboxylic acids is 1. The number of hydrogen-bond acceptors (Lipinski definition) is 7. The molecule has 0 radical (unpaired) electrons. The van der Waals surface area contributed by atoms with Crippen molar-refractivity contribution in [3.05, 3.63) is 50.8 Å². The first-order valence-corrected chi connectivity index (χ1v) is 9.84. The quantitative estimate of drug-likeness (QED) is 0.383. The molecule has 0 fully saturated rings. The third kappa shape index (κ3) is 3.96. The van der Waals surface area contributed by atoms with E-state index in [4.69, 9.17) is 0 Å². The van der Waals surface area contributed by atoms with Gasteiger partial charge in [-0.2, -0.15) is 4.98 Å². The zero-order valence-electron chi connectivity index (χ0n) is 16.0. The predicted octanol–water partition coefficient (Wildman–Crippen LogP) is 3.25.